The number of aliphatic hydroxyl groups excluding tert-OH is 4. The number of carbonyl (C=O) groups is 7. The number of fused-ring (bicyclic) bond motifs is 6. The van der Waals surface area contributed by atoms with Crippen molar-refractivity contribution in [1.29, 1.82) is 5.26 Å². The van der Waals surface area contributed by atoms with Gasteiger partial charge in [-0.1, -0.05) is 24.3 Å². The number of benzene rings is 4. The first-order valence-corrected chi connectivity index (χ1v) is 34.3. The van der Waals surface area contributed by atoms with Gasteiger partial charge in [-0.25, -0.2) is 21.1 Å². The molecule has 8 aliphatic rings. The van der Waals surface area contributed by atoms with E-state index in [2.05, 4.69) is 10.9 Å². The molecule has 32 nitrogen and oxygen atoms in total. The molecule has 4 saturated heterocycles. The third-order valence-corrected chi connectivity index (χ3v) is 21.0. The Hall–Kier alpha value is -8.97. The van der Waals surface area contributed by atoms with Crippen LogP contribution >= 0.6 is 0 Å². The molecule has 4 aliphatic heterocycles. The van der Waals surface area contributed by atoms with E-state index in [0.29, 0.717) is 0 Å². The van der Waals surface area contributed by atoms with E-state index >= 15 is 0 Å². The predicted octanol–water partition coefficient (Wildman–Crippen LogP) is 3.00. The van der Waals surface area contributed by atoms with Crippen LogP contribution < -0.4 is 9.47 Å². The number of ketones is 5. The highest BCUT2D eigenvalue weighted by molar-refractivity contribution is 6.32. The minimum atomic E-state index is -2.14. The topological polar surface area (TPSA) is 446 Å². The third-order valence-electron chi connectivity index (χ3n) is 21.0. The van der Waals surface area contributed by atoms with Gasteiger partial charge in [0.15, 0.2) is 29.9 Å². The monoisotopic (exact) mass is 1460 g/mol. The molecular formula is C73H86N6O26. The fraction of sp³-hybridized carbons (Fsp3) is 0.548. The molecule has 4 aliphatic carbocycles. The number of Topliss-reactive ketones (excluding diaryl/α,β-unsaturated/α-hetero) is 1. The molecule has 564 valence electrons. The molecule has 10 N–H and O–H groups in total. The van der Waals surface area contributed by atoms with Crippen molar-refractivity contribution < 1.29 is 127 Å². The van der Waals surface area contributed by atoms with E-state index in [-0.39, 0.29) is 121 Å². The van der Waals surface area contributed by atoms with Crippen LogP contribution in [0.4, 0.5) is 9.59 Å². The van der Waals surface area contributed by atoms with Gasteiger partial charge in [0, 0.05) is 111 Å². The maximum absolute atomic E-state index is 14.0. The van der Waals surface area contributed by atoms with Gasteiger partial charge in [0.25, 0.3) is 6.17 Å². The number of nitrogens with zero attached hydrogens (tertiary/aromatic N) is 6. The van der Waals surface area contributed by atoms with Gasteiger partial charge in [-0.2, -0.15) is 5.26 Å². The number of aromatic hydroxyl groups is 4. The molecule has 32 heteroatoms. The van der Waals surface area contributed by atoms with Crippen LogP contribution in [-0.4, -0.2) is 276 Å². The Labute approximate surface area is 603 Å². The summed E-state index contributed by atoms with van der Waals surface area (Å²) in [6.45, 7) is 17.7. The number of carbonyl (C=O) groups excluding carboxylic acids is 7. The van der Waals surface area contributed by atoms with Gasteiger partial charge in [-0.15, -0.1) is 0 Å². The van der Waals surface area contributed by atoms with E-state index in [1.807, 2.05) is 0 Å². The van der Waals surface area contributed by atoms with Crippen molar-refractivity contribution in [3.8, 4) is 40.6 Å². The van der Waals surface area contributed by atoms with Crippen LogP contribution in [0.25, 0.3) is 4.85 Å². The number of aliphatic hydroxyl groups is 6. The third kappa shape index (κ3) is 14.2. The Kier molecular flexibility index (Phi) is 22.1. The summed E-state index contributed by atoms with van der Waals surface area (Å²) in [5.41, 5.74) is -7.76. The number of piperazine rings is 2. The average molecular weight is 1460 g/mol. The van der Waals surface area contributed by atoms with E-state index in [0.717, 1.165) is 6.92 Å². The average Bonchev–Trinajstić information content (AvgIpc) is 0.715. The predicted molar refractivity (Wildman–Crippen MR) is 361 cm³/mol. The smallest absolute Gasteiger partial charge is 0.410 e. The molecular weight excluding hydrogens is 1380 g/mol. The molecule has 0 saturated carbocycles. The quantitative estimate of drug-likeness (QED) is 0.0425. The number of amides is 2. The molecule has 15 atom stereocenters. The van der Waals surface area contributed by atoms with Crippen molar-refractivity contribution in [3.63, 3.8) is 0 Å². The minimum absolute atomic E-state index is 0.0103. The Morgan fingerprint density at radius 1 is 0.676 bits per heavy atom. The molecule has 4 aromatic rings. The lowest BCUT2D eigenvalue weighted by Crippen LogP contribution is -2.64. The minimum Gasteiger partial charge on any atom is -0.507 e. The van der Waals surface area contributed by atoms with E-state index in [1.54, 1.807) is 44.4 Å². The SMILES string of the molecule is COc1cccc2c1C(=O)c1c(O)c3c(c(O)c1C2=O)C[C@@](O)(C(O)CO)C[C@@H]3O[C@H]1CC(N2CCN(C(=O)OC(C)(C)C)CC2C#N)[C@H](O)[C@H](C)O1.[C-]#[N+]C1CN(C(=O)OCCOC)CCN1C1C[C@H](O[C@H]2C[C@](O)(C(C)=O)Cc3c(O)c4c(c(O)c32)C(=O)c2c(OC)cccc2C4=O)O[C@H](C)C1O. The lowest BCUT2D eigenvalue weighted by atomic mass is 9.71. The molecule has 0 aromatic heterocycles. The summed E-state index contributed by atoms with van der Waals surface area (Å²) in [4.78, 5) is 104. The zero-order chi connectivity index (χ0) is 76.4. The maximum atomic E-state index is 14.0. The van der Waals surface area contributed by atoms with Gasteiger partial charge in [-0.3, -0.25) is 38.6 Å². The second kappa shape index (κ2) is 30.1. The fourth-order valence-electron chi connectivity index (χ4n) is 15.6. The number of hydrogen-bond donors (Lipinski definition) is 10. The van der Waals surface area contributed by atoms with Crippen molar-refractivity contribution in [3.05, 3.63) is 115 Å². The van der Waals surface area contributed by atoms with Crippen molar-refractivity contribution >= 4 is 41.1 Å². The van der Waals surface area contributed by atoms with Crippen molar-refractivity contribution in [2.75, 3.05) is 80.4 Å². The highest BCUT2D eigenvalue weighted by atomic mass is 16.7. The molecule has 2 amide bonds. The van der Waals surface area contributed by atoms with Crippen LogP contribution in [0.5, 0.6) is 34.5 Å². The van der Waals surface area contributed by atoms with Crippen molar-refractivity contribution in [1.82, 2.24) is 19.6 Å². The lowest BCUT2D eigenvalue weighted by molar-refractivity contribution is -0.264. The molecule has 12 rings (SSSR count). The van der Waals surface area contributed by atoms with Crippen LogP contribution in [-0.2, 0) is 50.8 Å². The number of methoxy groups -OCH3 is 3. The van der Waals surface area contributed by atoms with Gasteiger partial charge in [-0.05, 0) is 53.7 Å². The number of nitriles is 1. The summed E-state index contributed by atoms with van der Waals surface area (Å²) < 4.78 is 51.1. The summed E-state index contributed by atoms with van der Waals surface area (Å²) in [6.07, 6.45) is -14.6. The Morgan fingerprint density at radius 2 is 1.15 bits per heavy atom. The first kappa shape index (κ1) is 77.1. The zero-order valence-electron chi connectivity index (χ0n) is 59.3. The Bertz CT molecular complexity index is 4220. The van der Waals surface area contributed by atoms with Gasteiger partial charge in [0.2, 0.25) is 11.6 Å². The standard InChI is InChI=1S/C37H45N3O13.C36H41N3O13/c1-17-30(43)21(40-10-9-39(15-18(40)14-38)35(48)53-36(2,3)4)11-25(51-17)52-23-13-37(49,24(42)16-41)12-20-27(23)34(47)29-28(32(20)45)31(44)19-7-6-8-22(50-5)26(19)33(29)46;1-17-30(41)21(39-10-9-38(16-24(39)37-3)35(46)50-12-11-48-4)13-25(51-17)52-23-15-36(47,18(2)40)14-20-27(23)34(45)29-28(32(20)43)31(42)19-7-6-8-22(49-5)26(19)33(29)44/h6-8,17-18,21,23-25,30,41-43,45,47,49H,9-13,15-16H2,1-5H3;6-8,17,21,23-25,30,41,43,45,47H,9-16H2,1-2,4-5H3/t17-,18?,21?,23-,24?,25-,30+,37-;17-,21?,23+,24?,25+,30?,36+/m01/s1. The largest absolute Gasteiger partial charge is 0.507 e. The van der Waals surface area contributed by atoms with E-state index < -0.39 is 215 Å². The van der Waals surface area contributed by atoms with Crippen LogP contribution in [0.15, 0.2) is 36.4 Å². The summed E-state index contributed by atoms with van der Waals surface area (Å²) in [6, 6.07) is 8.70. The highest BCUT2D eigenvalue weighted by Gasteiger charge is 2.55. The Morgan fingerprint density at radius 3 is 1.62 bits per heavy atom. The van der Waals surface area contributed by atoms with Gasteiger partial charge in [0.1, 0.15) is 71.0 Å². The first-order valence-electron chi connectivity index (χ1n) is 34.3. The molecule has 4 fully saturated rings. The maximum Gasteiger partial charge on any atom is 0.410 e. The fourth-order valence-corrected chi connectivity index (χ4v) is 15.6. The lowest BCUT2D eigenvalue weighted by Gasteiger charge is -2.49. The summed E-state index contributed by atoms with van der Waals surface area (Å²) in [7, 11) is 4.13. The van der Waals surface area contributed by atoms with Crippen LogP contribution in [0.2, 0.25) is 0 Å². The van der Waals surface area contributed by atoms with Gasteiger partial charge >= 0.3 is 12.2 Å². The summed E-state index contributed by atoms with van der Waals surface area (Å²) in [5, 5.41) is 123. The van der Waals surface area contributed by atoms with Crippen molar-refractivity contribution in [2.45, 2.75) is 176 Å². The first-order chi connectivity index (χ1) is 49.7. The number of rotatable bonds is 14. The number of hydrogen-bond acceptors (Lipinski definition) is 29. The van der Waals surface area contributed by atoms with Crippen LogP contribution in [0.3, 0.4) is 0 Å². The molecule has 0 bridgehead atoms. The molecule has 0 radical (unpaired) electrons. The zero-order valence-corrected chi connectivity index (χ0v) is 59.3. The van der Waals surface area contributed by atoms with Gasteiger partial charge in [0.05, 0.1) is 122 Å². The van der Waals surface area contributed by atoms with Crippen LogP contribution in [0, 0.1) is 17.9 Å². The van der Waals surface area contributed by atoms with E-state index in [4.69, 9.17) is 49.2 Å². The van der Waals surface area contributed by atoms with E-state index in [1.165, 1.54) is 67.5 Å². The number of phenols is 4. The molecule has 4 aromatic carbocycles. The Balaban J connectivity index is 0.000000210. The summed E-state index contributed by atoms with van der Waals surface area (Å²) >= 11 is 0. The number of ether oxygens (including phenoxy) is 9. The normalized spacial score (nSPS) is 29.0. The van der Waals surface area contributed by atoms with Gasteiger partial charge < -0.3 is 98.6 Å². The van der Waals surface area contributed by atoms with E-state index in [9.17, 15) is 89.9 Å². The second-order valence-corrected chi connectivity index (χ2v) is 28.5. The molecule has 4 heterocycles. The van der Waals surface area contributed by atoms with Crippen LogP contribution in [0.1, 0.15) is 165 Å². The summed E-state index contributed by atoms with van der Waals surface area (Å²) in [5.74, 6) is -6.32. The molecule has 6 unspecified atom stereocenters. The molecule has 0 spiro atoms. The highest BCUT2D eigenvalue weighted by Crippen LogP contribution is 2.55. The number of phenolic OH excluding ortho intramolecular Hbond substituents is 4. The van der Waals surface area contributed by atoms with Crippen molar-refractivity contribution in [2.24, 2.45) is 0 Å². The molecule has 105 heavy (non-hydrogen) atoms. The second-order valence-electron chi connectivity index (χ2n) is 28.5.